The second-order valence-corrected chi connectivity index (χ2v) is 6.42. The fraction of sp³-hybridized carbons (Fsp3) is 0.250. The summed E-state index contributed by atoms with van der Waals surface area (Å²) in [6, 6.07) is 10.9. The molecule has 0 aromatic heterocycles. The fourth-order valence-corrected chi connectivity index (χ4v) is 2.50. The smallest absolute Gasteiger partial charge is 0.270 e. The van der Waals surface area contributed by atoms with E-state index in [1.54, 1.807) is 30.3 Å². The lowest BCUT2D eigenvalue weighted by Crippen LogP contribution is -2.49. The molecule has 0 saturated heterocycles. The maximum absolute atomic E-state index is 12.5. The van der Waals surface area contributed by atoms with Gasteiger partial charge < -0.3 is 10.4 Å². The summed E-state index contributed by atoms with van der Waals surface area (Å²) in [5.74, 6) is -1.59. The van der Waals surface area contributed by atoms with Gasteiger partial charge in [-0.15, -0.1) is 0 Å². The molecule has 9 nitrogen and oxygen atoms in total. The van der Waals surface area contributed by atoms with E-state index < -0.39 is 28.5 Å². The zero-order valence-electron chi connectivity index (χ0n) is 16.0. The molecule has 0 radical (unpaired) electrons. The van der Waals surface area contributed by atoms with Crippen LogP contribution in [0.2, 0.25) is 0 Å². The Balaban J connectivity index is 2.10. The molecule has 29 heavy (non-hydrogen) atoms. The van der Waals surface area contributed by atoms with Crippen molar-refractivity contribution in [1.82, 2.24) is 10.7 Å². The van der Waals surface area contributed by atoms with Crippen LogP contribution in [-0.4, -0.2) is 29.0 Å². The Morgan fingerprint density at radius 3 is 2.52 bits per heavy atom. The van der Waals surface area contributed by atoms with Gasteiger partial charge in [0.05, 0.1) is 11.1 Å². The minimum absolute atomic E-state index is 0.0343. The van der Waals surface area contributed by atoms with E-state index in [1.165, 1.54) is 0 Å². The Morgan fingerprint density at radius 2 is 1.90 bits per heavy atom. The van der Waals surface area contributed by atoms with Gasteiger partial charge in [-0.25, -0.2) is 5.43 Å². The Bertz CT molecular complexity index is 914. The maximum Gasteiger partial charge on any atom is 0.270 e. The minimum atomic E-state index is -0.846. The first kappa shape index (κ1) is 21.5. The molecule has 2 atom stereocenters. The molecule has 0 aliphatic carbocycles. The van der Waals surface area contributed by atoms with Crippen molar-refractivity contribution in [2.24, 2.45) is 11.0 Å². The third-order valence-electron chi connectivity index (χ3n) is 4.40. The zero-order valence-corrected chi connectivity index (χ0v) is 16.0. The van der Waals surface area contributed by atoms with Crippen LogP contribution < -0.4 is 15.8 Å². The van der Waals surface area contributed by atoms with Gasteiger partial charge in [-0.2, -0.15) is 5.10 Å². The standard InChI is InChI=1S/C20H22N4O5/c1-3-13(2)18(22-19(26)14-7-5-4-6-8-14)20(27)23-21-12-15-11-16(24(28)29)9-10-17(15)25/h4-13,18,25H,3H2,1-2H3,(H,22,26)(H,23,27)/p-1/b21-12-/t13-,18+/m1/s1. The van der Waals surface area contributed by atoms with Gasteiger partial charge in [0.2, 0.25) is 0 Å². The van der Waals surface area contributed by atoms with Crippen LogP contribution in [-0.2, 0) is 4.79 Å². The van der Waals surface area contributed by atoms with Crippen molar-refractivity contribution in [1.29, 1.82) is 0 Å². The molecule has 0 spiro atoms. The Kier molecular flexibility index (Phi) is 7.41. The van der Waals surface area contributed by atoms with Crippen LogP contribution in [0.4, 0.5) is 5.69 Å². The second kappa shape index (κ2) is 9.98. The first-order chi connectivity index (χ1) is 13.8. The molecular formula is C20H21N4O5-. The molecule has 2 N–H and O–H groups in total. The summed E-state index contributed by atoms with van der Waals surface area (Å²) in [6.07, 6.45) is 1.67. The van der Waals surface area contributed by atoms with E-state index in [9.17, 15) is 24.8 Å². The van der Waals surface area contributed by atoms with Crippen molar-refractivity contribution >= 4 is 23.7 Å². The van der Waals surface area contributed by atoms with E-state index in [0.717, 1.165) is 24.4 Å². The van der Waals surface area contributed by atoms with Crippen molar-refractivity contribution in [2.75, 3.05) is 0 Å². The number of hydrazone groups is 1. The molecule has 2 aromatic carbocycles. The molecule has 0 heterocycles. The SMILES string of the molecule is CC[C@@H](C)[C@H](NC(=O)c1ccccc1)C(=O)N/N=C\c1cc([N+](=O)[O-])ccc1[O-]. The highest BCUT2D eigenvalue weighted by atomic mass is 16.6. The molecule has 0 aliphatic rings. The van der Waals surface area contributed by atoms with Gasteiger partial charge in [0.25, 0.3) is 17.5 Å². The molecule has 2 rings (SSSR count). The number of hydrogen-bond acceptors (Lipinski definition) is 6. The van der Waals surface area contributed by atoms with Crippen LogP contribution in [0.3, 0.4) is 0 Å². The molecule has 9 heteroatoms. The Labute approximate surface area is 167 Å². The van der Waals surface area contributed by atoms with E-state index >= 15 is 0 Å². The number of nitrogens with zero attached hydrogens (tertiary/aromatic N) is 2. The molecule has 0 aliphatic heterocycles. The number of nitrogens with one attached hydrogen (secondary N) is 2. The Hall–Kier alpha value is -3.75. The third-order valence-corrected chi connectivity index (χ3v) is 4.40. The summed E-state index contributed by atoms with van der Waals surface area (Å²) in [7, 11) is 0. The van der Waals surface area contributed by atoms with E-state index in [4.69, 9.17) is 0 Å². The van der Waals surface area contributed by atoms with Crippen molar-refractivity contribution < 1.29 is 19.6 Å². The fourth-order valence-electron chi connectivity index (χ4n) is 2.50. The number of amides is 2. The van der Waals surface area contributed by atoms with Crippen molar-refractivity contribution in [3.8, 4) is 5.75 Å². The number of nitro benzene ring substituents is 1. The summed E-state index contributed by atoms with van der Waals surface area (Å²) in [4.78, 5) is 35.1. The van der Waals surface area contributed by atoms with Crippen molar-refractivity contribution in [3.05, 3.63) is 69.8 Å². The predicted octanol–water partition coefficient (Wildman–Crippen LogP) is 1.96. The van der Waals surface area contributed by atoms with Gasteiger partial charge in [0, 0.05) is 17.7 Å². The average molecular weight is 397 g/mol. The number of benzene rings is 2. The second-order valence-electron chi connectivity index (χ2n) is 6.42. The van der Waals surface area contributed by atoms with Crippen molar-refractivity contribution in [2.45, 2.75) is 26.3 Å². The van der Waals surface area contributed by atoms with Crippen LogP contribution in [0.15, 0.2) is 53.6 Å². The molecule has 2 aromatic rings. The number of nitro groups is 1. The number of carbonyl (C=O) groups excluding carboxylic acids is 2. The molecule has 0 saturated carbocycles. The first-order valence-electron chi connectivity index (χ1n) is 8.97. The number of rotatable bonds is 8. The monoisotopic (exact) mass is 397 g/mol. The lowest BCUT2D eigenvalue weighted by atomic mass is 9.98. The van der Waals surface area contributed by atoms with Crippen LogP contribution in [0.25, 0.3) is 0 Å². The van der Waals surface area contributed by atoms with Gasteiger partial charge >= 0.3 is 0 Å². The summed E-state index contributed by atoms with van der Waals surface area (Å²) in [6.45, 7) is 3.70. The third kappa shape index (κ3) is 5.86. The summed E-state index contributed by atoms with van der Waals surface area (Å²) in [5.41, 5.74) is 2.41. The quantitative estimate of drug-likeness (QED) is 0.398. The van der Waals surface area contributed by atoms with Gasteiger partial charge in [-0.05, 0) is 23.6 Å². The Morgan fingerprint density at radius 1 is 1.21 bits per heavy atom. The number of non-ortho nitro benzene ring substituents is 1. The van der Waals surface area contributed by atoms with Crippen LogP contribution >= 0.6 is 0 Å². The highest BCUT2D eigenvalue weighted by molar-refractivity contribution is 5.97. The van der Waals surface area contributed by atoms with Crippen LogP contribution in [0.5, 0.6) is 5.75 Å². The van der Waals surface area contributed by atoms with Crippen LogP contribution in [0, 0.1) is 16.0 Å². The summed E-state index contributed by atoms with van der Waals surface area (Å²) < 4.78 is 0. The molecule has 0 bridgehead atoms. The highest BCUT2D eigenvalue weighted by Gasteiger charge is 2.26. The van der Waals surface area contributed by atoms with Gasteiger partial charge in [-0.3, -0.25) is 19.7 Å². The van der Waals surface area contributed by atoms with E-state index in [2.05, 4.69) is 15.8 Å². The predicted molar refractivity (Wildman–Crippen MR) is 105 cm³/mol. The maximum atomic E-state index is 12.5. The molecular weight excluding hydrogens is 376 g/mol. The molecule has 152 valence electrons. The topological polar surface area (TPSA) is 137 Å². The largest absolute Gasteiger partial charge is 0.872 e. The normalized spacial score (nSPS) is 12.9. The van der Waals surface area contributed by atoms with Gasteiger partial charge in [0.15, 0.2) is 0 Å². The number of hydrogen-bond donors (Lipinski definition) is 2. The van der Waals surface area contributed by atoms with Crippen LogP contribution in [0.1, 0.15) is 36.2 Å². The van der Waals surface area contributed by atoms with Gasteiger partial charge in [0.1, 0.15) is 6.04 Å². The molecule has 0 fully saturated rings. The molecule has 0 unspecified atom stereocenters. The summed E-state index contributed by atoms with van der Waals surface area (Å²) >= 11 is 0. The molecule has 2 amide bonds. The highest BCUT2D eigenvalue weighted by Crippen LogP contribution is 2.19. The summed E-state index contributed by atoms with van der Waals surface area (Å²) in [5, 5.41) is 29.0. The first-order valence-corrected chi connectivity index (χ1v) is 8.97. The van der Waals surface area contributed by atoms with Gasteiger partial charge in [-0.1, -0.05) is 50.3 Å². The van der Waals surface area contributed by atoms with Crippen molar-refractivity contribution in [3.63, 3.8) is 0 Å². The van der Waals surface area contributed by atoms with E-state index in [1.807, 2.05) is 13.8 Å². The number of carbonyl (C=O) groups is 2. The lowest BCUT2D eigenvalue weighted by molar-refractivity contribution is -0.385. The van der Waals surface area contributed by atoms with E-state index in [0.29, 0.717) is 12.0 Å². The van der Waals surface area contributed by atoms with E-state index in [-0.39, 0.29) is 17.2 Å². The lowest BCUT2D eigenvalue weighted by Gasteiger charge is -2.22. The zero-order chi connectivity index (χ0) is 21.4. The minimum Gasteiger partial charge on any atom is -0.872 e. The average Bonchev–Trinajstić information content (AvgIpc) is 2.72.